The van der Waals surface area contributed by atoms with E-state index in [1.165, 1.54) is 6.33 Å². The van der Waals surface area contributed by atoms with Gasteiger partial charge in [0, 0.05) is 4.47 Å². The number of nitrogen functional groups attached to an aromatic ring is 1. The minimum atomic E-state index is 0.359. The van der Waals surface area contributed by atoms with Crippen molar-refractivity contribution in [1.29, 1.82) is 5.26 Å². The van der Waals surface area contributed by atoms with E-state index in [2.05, 4.69) is 53.2 Å². The van der Waals surface area contributed by atoms with Gasteiger partial charge in [-0.1, -0.05) is 0 Å². The van der Waals surface area contributed by atoms with E-state index >= 15 is 0 Å². The Balaban J connectivity index is 2.35. The lowest BCUT2D eigenvalue weighted by molar-refractivity contribution is 1.16. The molecule has 0 amide bonds. The molecular formula is C11H7Br2N5. The van der Waals surface area contributed by atoms with Crippen LogP contribution in [0.1, 0.15) is 5.56 Å². The fourth-order valence-electron chi connectivity index (χ4n) is 1.28. The lowest BCUT2D eigenvalue weighted by Gasteiger charge is -2.10. The van der Waals surface area contributed by atoms with Gasteiger partial charge < -0.3 is 11.1 Å². The summed E-state index contributed by atoms with van der Waals surface area (Å²) in [6.07, 6.45) is 1.37. The monoisotopic (exact) mass is 367 g/mol. The Bertz CT molecular complexity index is 636. The third kappa shape index (κ3) is 2.60. The van der Waals surface area contributed by atoms with Crippen molar-refractivity contribution in [2.24, 2.45) is 0 Å². The maximum absolute atomic E-state index is 8.79. The first-order valence-corrected chi connectivity index (χ1v) is 6.43. The van der Waals surface area contributed by atoms with E-state index in [1.807, 2.05) is 0 Å². The van der Waals surface area contributed by atoms with Crippen LogP contribution < -0.4 is 11.1 Å². The third-order valence-electron chi connectivity index (χ3n) is 2.17. The van der Waals surface area contributed by atoms with Crippen LogP contribution in [-0.2, 0) is 0 Å². The van der Waals surface area contributed by atoms with E-state index in [0.29, 0.717) is 21.7 Å². The van der Waals surface area contributed by atoms with Crippen molar-refractivity contribution < 1.29 is 0 Å². The molecule has 1 aromatic heterocycles. The molecule has 3 N–H and O–H groups in total. The first-order chi connectivity index (χ1) is 8.61. The van der Waals surface area contributed by atoms with Crippen molar-refractivity contribution in [2.75, 3.05) is 11.1 Å². The van der Waals surface area contributed by atoms with Crippen LogP contribution in [0.2, 0.25) is 0 Å². The van der Waals surface area contributed by atoms with Crippen molar-refractivity contribution in [3.8, 4) is 6.07 Å². The zero-order valence-electron chi connectivity index (χ0n) is 8.98. The summed E-state index contributed by atoms with van der Waals surface area (Å²) in [4.78, 5) is 7.94. The molecule has 0 saturated heterocycles. The first-order valence-electron chi connectivity index (χ1n) is 4.84. The van der Waals surface area contributed by atoms with E-state index in [4.69, 9.17) is 11.0 Å². The van der Waals surface area contributed by atoms with Crippen LogP contribution in [0.3, 0.4) is 0 Å². The highest BCUT2D eigenvalue weighted by molar-refractivity contribution is 9.11. The number of anilines is 3. The molecule has 0 aliphatic rings. The molecule has 0 fully saturated rings. The molecule has 1 heterocycles. The Morgan fingerprint density at radius 2 is 2.06 bits per heavy atom. The number of nitrogens with zero attached hydrogens (tertiary/aromatic N) is 3. The molecular weight excluding hydrogens is 362 g/mol. The van der Waals surface area contributed by atoms with E-state index < -0.39 is 0 Å². The van der Waals surface area contributed by atoms with Crippen LogP contribution in [-0.4, -0.2) is 9.97 Å². The smallest absolute Gasteiger partial charge is 0.150 e. The van der Waals surface area contributed by atoms with E-state index in [9.17, 15) is 0 Å². The van der Waals surface area contributed by atoms with Gasteiger partial charge in [-0.05, 0) is 50.1 Å². The summed E-state index contributed by atoms with van der Waals surface area (Å²) in [5.41, 5.74) is 7.03. The number of hydrogen-bond acceptors (Lipinski definition) is 5. The molecule has 0 unspecified atom stereocenters. The molecule has 0 atom stereocenters. The van der Waals surface area contributed by atoms with Crippen LogP contribution in [0.15, 0.2) is 33.5 Å². The van der Waals surface area contributed by atoms with Crippen LogP contribution in [0.5, 0.6) is 0 Å². The molecule has 90 valence electrons. The second-order valence-electron chi connectivity index (χ2n) is 3.35. The normalized spacial score (nSPS) is 9.83. The average molecular weight is 369 g/mol. The number of nitrogens with two attached hydrogens (primary N) is 1. The zero-order valence-corrected chi connectivity index (χ0v) is 12.2. The molecule has 0 saturated carbocycles. The quantitative estimate of drug-likeness (QED) is 0.849. The van der Waals surface area contributed by atoms with Gasteiger partial charge in [-0.3, -0.25) is 0 Å². The van der Waals surface area contributed by atoms with Gasteiger partial charge >= 0.3 is 0 Å². The van der Waals surface area contributed by atoms with Crippen LogP contribution in [0.4, 0.5) is 17.3 Å². The van der Waals surface area contributed by atoms with Crippen molar-refractivity contribution in [3.63, 3.8) is 0 Å². The second kappa shape index (κ2) is 5.33. The minimum absolute atomic E-state index is 0.359. The number of nitriles is 1. The average Bonchev–Trinajstić information content (AvgIpc) is 2.37. The van der Waals surface area contributed by atoms with E-state index in [1.54, 1.807) is 18.2 Å². The largest absolute Gasteiger partial charge is 0.383 e. The lowest BCUT2D eigenvalue weighted by Crippen LogP contribution is -2.00. The van der Waals surface area contributed by atoms with Gasteiger partial charge in [-0.15, -0.1) is 0 Å². The van der Waals surface area contributed by atoms with Gasteiger partial charge in [0.15, 0.2) is 0 Å². The number of nitrogens with one attached hydrogen (secondary N) is 1. The van der Waals surface area contributed by atoms with E-state index in [0.717, 1.165) is 10.2 Å². The highest BCUT2D eigenvalue weighted by Crippen LogP contribution is 2.30. The standard InChI is InChI=1S/C11H7Br2N5/c12-7-3-6(4-14)1-2-8(7)18-11-9(13)10(15)16-5-17-11/h1-3,5H,(H3,15,16,17,18). The maximum atomic E-state index is 8.79. The molecule has 0 aliphatic heterocycles. The van der Waals surface area contributed by atoms with Crippen molar-refractivity contribution in [1.82, 2.24) is 9.97 Å². The summed E-state index contributed by atoms with van der Waals surface area (Å²) >= 11 is 6.70. The number of halogens is 2. The lowest BCUT2D eigenvalue weighted by atomic mass is 10.2. The summed E-state index contributed by atoms with van der Waals surface area (Å²) < 4.78 is 1.37. The molecule has 1 aromatic carbocycles. The molecule has 0 radical (unpaired) electrons. The Morgan fingerprint density at radius 3 is 2.72 bits per heavy atom. The fraction of sp³-hybridized carbons (Fsp3) is 0. The maximum Gasteiger partial charge on any atom is 0.150 e. The van der Waals surface area contributed by atoms with Crippen molar-refractivity contribution in [3.05, 3.63) is 39.0 Å². The Kier molecular flexibility index (Phi) is 3.79. The highest BCUT2D eigenvalue weighted by atomic mass is 79.9. The summed E-state index contributed by atoms with van der Waals surface area (Å²) in [5.74, 6) is 0.921. The molecule has 0 bridgehead atoms. The number of benzene rings is 1. The van der Waals surface area contributed by atoms with E-state index in [-0.39, 0.29) is 0 Å². The minimum Gasteiger partial charge on any atom is -0.383 e. The molecule has 18 heavy (non-hydrogen) atoms. The predicted molar refractivity (Wildman–Crippen MR) is 76.3 cm³/mol. The predicted octanol–water partition coefficient (Wildman–Crippen LogP) is 3.20. The van der Waals surface area contributed by atoms with Gasteiger partial charge in [0.1, 0.15) is 22.4 Å². The topological polar surface area (TPSA) is 87.6 Å². The number of hydrogen-bond donors (Lipinski definition) is 2. The van der Waals surface area contributed by atoms with Gasteiger partial charge in [-0.25, -0.2) is 9.97 Å². The summed E-state index contributed by atoms with van der Waals surface area (Å²) in [5, 5.41) is 11.9. The van der Waals surface area contributed by atoms with Gasteiger partial charge in [-0.2, -0.15) is 5.26 Å². The van der Waals surface area contributed by atoms with Crippen LogP contribution in [0, 0.1) is 11.3 Å². The summed E-state index contributed by atoms with van der Waals surface area (Å²) in [7, 11) is 0. The van der Waals surface area contributed by atoms with Crippen LogP contribution in [0.25, 0.3) is 0 Å². The Morgan fingerprint density at radius 1 is 1.28 bits per heavy atom. The molecule has 7 heteroatoms. The SMILES string of the molecule is N#Cc1ccc(Nc2ncnc(N)c2Br)c(Br)c1. The second-order valence-corrected chi connectivity index (χ2v) is 5.00. The van der Waals surface area contributed by atoms with Crippen LogP contribution >= 0.6 is 31.9 Å². The first kappa shape index (κ1) is 12.8. The van der Waals surface area contributed by atoms with Crippen molar-refractivity contribution >= 4 is 49.2 Å². The molecule has 2 aromatic rings. The van der Waals surface area contributed by atoms with Gasteiger partial charge in [0.05, 0.1) is 17.3 Å². The Hall–Kier alpha value is -1.65. The van der Waals surface area contributed by atoms with Gasteiger partial charge in [0.2, 0.25) is 0 Å². The summed E-state index contributed by atoms with van der Waals surface area (Å²) in [6, 6.07) is 7.29. The van der Waals surface area contributed by atoms with Crippen molar-refractivity contribution in [2.45, 2.75) is 0 Å². The number of rotatable bonds is 2. The fourth-order valence-corrected chi connectivity index (χ4v) is 2.07. The zero-order chi connectivity index (χ0) is 13.1. The number of aromatic nitrogens is 2. The molecule has 0 spiro atoms. The van der Waals surface area contributed by atoms with Gasteiger partial charge in [0.25, 0.3) is 0 Å². The molecule has 0 aliphatic carbocycles. The molecule has 2 rings (SSSR count). The highest BCUT2D eigenvalue weighted by Gasteiger charge is 2.08. The third-order valence-corrected chi connectivity index (χ3v) is 3.61. The Labute approximate surface area is 120 Å². The molecule has 5 nitrogen and oxygen atoms in total. The summed E-state index contributed by atoms with van der Waals surface area (Å²) in [6.45, 7) is 0.